The quantitative estimate of drug-likeness (QED) is 0.489. The number of fused-ring (bicyclic) bond motifs is 2. The molecule has 2 bridgehead atoms. The molecule has 6 rings (SSSR count). The van der Waals surface area contributed by atoms with Crippen molar-refractivity contribution in [3.05, 3.63) is 22.4 Å². The van der Waals surface area contributed by atoms with E-state index in [1.807, 2.05) is 31.4 Å². The van der Waals surface area contributed by atoms with Crippen LogP contribution in [0.25, 0.3) is 0 Å². The van der Waals surface area contributed by atoms with Gasteiger partial charge in [0.15, 0.2) is 11.9 Å². The van der Waals surface area contributed by atoms with Gasteiger partial charge in [0, 0.05) is 29.6 Å². The Morgan fingerprint density at radius 3 is 2.82 bits per heavy atom. The van der Waals surface area contributed by atoms with Crippen LogP contribution in [0.15, 0.2) is 17.5 Å². The second-order valence-corrected chi connectivity index (χ2v) is 11.2. The number of hydrogen-bond donors (Lipinski definition) is 1. The zero-order valence-corrected chi connectivity index (χ0v) is 20.2. The van der Waals surface area contributed by atoms with Crippen molar-refractivity contribution in [1.29, 1.82) is 0 Å². The third-order valence-corrected chi connectivity index (χ3v) is 8.82. The van der Waals surface area contributed by atoms with E-state index in [1.54, 1.807) is 11.3 Å². The van der Waals surface area contributed by atoms with Crippen LogP contribution in [0.1, 0.15) is 64.2 Å². The van der Waals surface area contributed by atoms with Gasteiger partial charge >= 0.3 is 5.97 Å². The predicted octanol–water partition coefficient (Wildman–Crippen LogP) is 3.90. The normalized spacial score (nSPS) is 41.7. The van der Waals surface area contributed by atoms with Gasteiger partial charge in [-0.25, -0.2) is 9.78 Å². The Labute approximate surface area is 198 Å². The molecular formula is C24H33NO7S. The highest BCUT2D eigenvalue weighted by Gasteiger charge is 2.69. The number of thiophene rings is 1. The molecule has 1 saturated carbocycles. The molecule has 4 saturated heterocycles. The molecule has 33 heavy (non-hydrogen) atoms. The Bertz CT molecular complexity index is 878. The molecule has 1 aliphatic carbocycles. The second-order valence-electron chi connectivity index (χ2n) is 10.1. The van der Waals surface area contributed by atoms with Crippen molar-refractivity contribution in [3.8, 4) is 0 Å². The summed E-state index contributed by atoms with van der Waals surface area (Å²) in [6, 6.07) is 3.90. The van der Waals surface area contributed by atoms with Crippen LogP contribution < -0.4 is 5.32 Å². The molecule has 5 aliphatic rings. The van der Waals surface area contributed by atoms with Gasteiger partial charge in [0.1, 0.15) is 0 Å². The molecule has 1 spiro atoms. The molecule has 8 nitrogen and oxygen atoms in total. The summed E-state index contributed by atoms with van der Waals surface area (Å²) in [5, 5.41) is 4.80. The van der Waals surface area contributed by atoms with Crippen LogP contribution in [0.3, 0.4) is 0 Å². The van der Waals surface area contributed by atoms with E-state index >= 15 is 0 Å². The molecule has 0 radical (unpaired) electrons. The van der Waals surface area contributed by atoms with Crippen molar-refractivity contribution in [2.24, 2.45) is 23.7 Å². The van der Waals surface area contributed by atoms with Crippen LogP contribution in [0.2, 0.25) is 0 Å². The highest BCUT2D eigenvalue weighted by Crippen LogP contribution is 2.60. The van der Waals surface area contributed by atoms with E-state index in [-0.39, 0.29) is 36.5 Å². The Morgan fingerprint density at radius 2 is 2.03 bits per heavy atom. The number of carbonyl (C=O) groups excluding carboxylic acids is 2. The monoisotopic (exact) mass is 479 g/mol. The van der Waals surface area contributed by atoms with Crippen molar-refractivity contribution in [1.82, 2.24) is 5.32 Å². The lowest BCUT2D eigenvalue weighted by molar-refractivity contribution is -0.576. The minimum atomic E-state index is -0.868. The standard InChI is InChI=1S/C24H33NO7S/c1-14-6-7-18-15(2)21(28-20(27)9-8-19(26)25-13-16-5-4-12-33-16)29-22-24(18)17(14)10-11-23(3,30-22)31-32-24/h4-5,12,14-15,17-18,21-22H,6-11,13H2,1-3H3,(H,25,26)/t14-,15+,17-,18+,21+,22-,23-,24+/m0/s1. The third-order valence-electron chi connectivity index (χ3n) is 7.94. The maximum atomic E-state index is 12.6. The number of ether oxygens (including phenoxy) is 3. The molecule has 0 aromatic carbocycles. The molecule has 4 aliphatic heterocycles. The van der Waals surface area contributed by atoms with E-state index < -0.39 is 29.9 Å². The molecule has 1 amide bonds. The zero-order chi connectivity index (χ0) is 23.2. The predicted molar refractivity (Wildman–Crippen MR) is 118 cm³/mol. The summed E-state index contributed by atoms with van der Waals surface area (Å²) in [4.78, 5) is 37.7. The smallest absolute Gasteiger partial charge is 0.308 e. The second kappa shape index (κ2) is 8.92. The number of carbonyl (C=O) groups is 2. The van der Waals surface area contributed by atoms with Crippen molar-refractivity contribution in [3.63, 3.8) is 0 Å². The summed E-state index contributed by atoms with van der Waals surface area (Å²) < 4.78 is 18.3. The third kappa shape index (κ3) is 4.23. The van der Waals surface area contributed by atoms with Gasteiger partial charge in [-0.05, 0) is 49.5 Å². The van der Waals surface area contributed by atoms with Gasteiger partial charge < -0.3 is 19.5 Å². The average molecular weight is 480 g/mol. The number of amides is 1. The minimum Gasteiger partial charge on any atom is -0.435 e. The van der Waals surface area contributed by atoms with Crippen LogP contribution in [0.4, 0.5) is 0 Å². The first-order valence-electron chi connectivity index (χ1n) is 12.0. The van der Waals surface area contributed by atoms with Crippen molar-refractivity contribution in [2.45, 2.75) is 89.8 Å². The molecule has 182 valence electrons. The molecule has 1 N–H and O–H groups in total. The largest absolute Gasteiger partial charge is 0.435 e. The molecule has 9 heteroatoms. The fourth-order valence-electron chi connectivity index (χ4n) is 6.10. The van der Waals surface area contributed by atoms with Gasteiger partial charge in [0.05, 0.1) is 13.0 Å². The van der Waals surface area contributed by atoms with E-state index in [0.717, 1.165) is 30.6 Å². The van der Waals surface area contributed by atoms with E-state index in [4.69, 9.17) is 24.0 Å². The summed E-state index contributed by atoms with van der Waals surface area (Å²) in [7, 11) is 0. The lowest BCUT2D eigenvalue weighted by Gasteiger charge is -2.59. The zero-order valence-electron chi connectivity index (χ0n) is 19.4. The van der Waals surface area contributed by atoms with Gasteiger partial charge in [-0.3, -0.25) is 9.59 Å². The topological polar surface area (TPSA) is 92.3 Å². The maximum absolute atomic E-state index is 12.6. The Balaban J connectivity index is 1.22. The first-order chi connectivity index (χ1) is 15.8. The highest BCUT2D eigenvalue weighted by atomic mass is 32.1. The Kier molecular flexibility index (Phi) is 6.28. The van der Waals surface area contributed by atoms with Gasteiger partial charge in [-0.1, -0.05) is 19.9 Å². The summed E-state index contributed by atoms with van der Waals surface area (Å²) in [6.07, 6.45) is 2.38. The van der Waals surface area contributed by atoms with Crippen molar-refractivity contribution in [2.75, 3.05) is 0 Å². The molecule has 1 aromatic rings. The molecule has 5 fully saturated rings. The lowest BCUT2D eigenvalue weighted by Crippen LogP contribution is -2.70. The van der Waals surface area contributed by atoms with E-state index in [2.05, 4.69) is 12.2 Å². The first-order valence-corrected chi connectivity index (χ1v) is 12.9. The molecule has 5 heterocycles. The number of nitrogens with one attached hydrogen (secondary N) is 1. The van der Waals surface area contributed by atoms with Crippen molar-refractivity contribution >= 4 is 23.2 Å². The van der Waals surface area contributed by atoms with Crippen LogP contribution >= 0.6 is 11.3 Å². The molecule has 0 unspecified atom stereocenters. The SMILES string of the molecule is C[C@H]1[C@H](OC(=O)CCC(=O)NCc2cccs2)O[C@H]2O[C@]3(C)CC[C@H]4[C@@H](C)CC[C@H]1[C@@]24OO3. The van der Waals surface area contributed by atoms with Crippen LogP contribution in [-0.4, -0.2) is 35.8 Å². The number of esters is 1. The van der Waals surface area contributed by atoms with Gasteiger partial charge in [-0.15, -0.1) is 11.3 Å². The molecular weight excluding hydrogens is 446 g/mol. The summed E-state index contributed by atoms with van der Waals surface area (Å²) in [5.41, 5.74) is -0.683. The maximum Gasteiger partial charge on any atom is 0.308 e. The van der Waals surface area contributed by atoms with E-state index in [0.29, 0.717) is 12.5 Å². The number of hydrogen-bond acceptors (Lipinski definition) is 8. The van der Waals surface area contributed by atoms with Crippen LogP contribution in [0, 0.1) is 23.7 Å². The number of rotatable bonds is 6. The van der Waals surface area contributed by atoms with Gasteiger partial charge in [0.2, 0.25) is 18.0 Å². The fraction of sp³-hybridized carbons (Fsp3) is 0.750. The lowest BCUT2D eigenvalue weighted by atomic mass is 9.58. The molecule has 1 aromatic heterocycles. The van der Waals surface area contributed by atoms with Crippen molar-refractivity contribution < 1.29 is 33.6 Å². The van der Waals surface area contributed by atoms with Gasteiger partial charge in [-0.2, -0.15) is 0 Å². The van der Waals surface area contributed by atoms with E-state index in [1.165, 1.54) is 0 Å². The summed E-state index contributed by atoms with van der Waals surface area (Å²) >= 11 is 1.58. The van der Waals surface area contributed by atoms with Gasteiger partial charge in [0.25, 0.3) is 0 Å². The Morgan fingerprint density at radius 1 is 1.18 bits per heavy atom. The van der Waals surface area contributed by atoms with Crippen LogP contribution in [0.5, 0.6) is 0 Å². The summed E-state index contributed by atoms with van der Waals surface area (Å²) in [5.74, 6) is -0.751. The average Bonchev–Trinajstić information content (AvgIpc) is 3.21. The molecule has 8 atom stereocenters. The Hall–Kier alpha value is -1.52. The fourth-order valence-corrected chi connectivity index (χ4v) is 6.74. The highest BCUT2D eigenvalue weighted by molar-refractivity contribution is 7.09. The minimum absolute atomic E-state index is 0.00116. The van der Waals surface area contributed by atoms with Crippen LogP contribution in [-0.2, 0) is 40.1 Å². The first kappa shape index (κ1) is 23.2. The van der Waals surface area contributed by atoms with E-state index in [9.17, 15) is 9.59 Å². The summed E-state index contributed by atoms with van der Waals surface area (Å²) in [6.45, 7) is 6.64.